The molecule has 0 atom stereocenters. The standard InChI is InChI=1S/C21H21BrN2O5S/c1-13-10-16(5-6-17(13)22)23-21(25)8-9-30(26,27)20-12-15(4-7-18(20)28-3)19-11-14(2)24-29-19/h4-7,10-12H,8-9H2,1-3H3,(H,23,25). The maximum atomic E-state index is 12.9. The van der Waals surface area contributed by atoms with Crippen molar-refractivity contribution in [1.29, 1.82) is 0 Å². The number of aryl methyl sites for hydroxylation is 2. The Bertz CT molecular complexity index is 1190. The quantitative estimate of drug-likeness (QED) is 0.519. The van der Waals surface area contributed by atoms with Gasteiger partial charge < -0.3 is 14.6 Å². The van der Waals surface area contributed by atoms with Crippen molar-refractivity contribution in [1.82, 2.24) is 5.16 Å². The van der Waals surface area contributed by atoms with E-state index in [1.54, 1.807) is 31.2 Å². The summed E-state index contributed by atoms with van der Waals surface area (Å²) in [5.74, 6) is -0.0843. The molecule has 0 fully saturated rings. The van der Waals surface area contributed by atoms with Gasteiger partial charge in [0.2, 0.25) is 5.91 Å². The summed E-state index contributed by atoms with van der Waals surface area (Å²) in [6.45, 7) is 3.68. The fourth-order valence-corrected chi connectivity index (χ4v) is 4.54. The predicted octanol–water partition coefficient (Wildman–Crippen LogP) is 4.53. The molecule has 0 bridgehead atoms. The van der Waals surface area contributed by atoms with Crippen molar-refractivity contribution in [2.24, 2.45) is 0 Å². The molecule has 1 amide bonds. The first-order valence-electron chi connectivity index (χ1n) is 9.10. The molecule has 2 aromatic carbocycles. The van der Waals surface area contributed by atoms with Gasteiger partial charge in [0.15, 0.2) is 15.6 Å². The zero-order valence-corrected chi connectivity index (χ0v) is 19.1. The smallest absolute Gasteiger partial charge is 0.225 e. The molecule has 3 rings (SSSR count). The van der Waals surface area contributed by atoms with Gasteiger partial charge in [-0.3, -0.25) is 4.79 Å². The lowest BCUT2D eigenvalue weighted by molar-refractivity contribution is -0.115. The number of nitrogens with zero attached hydrogens (tertiary/aromatic N) is 1. The number of benzene rings is 2. The number of hydrogen-bond donors (Lipinski definition) is 1. The van der Waals surface area contributed by atoms with Gasteiger partial charge in [-0.05, 0) is 55.8 Å². The SMILES string of the molecule is COc1ccc(-c2cc(C)no2)cc1S(=O)(=O)CCC(=O)Nc1ccc(Br)c(C)c1. The van der Waals surface area contributed by atoms with Gasteiger partial charge >= 0.3 is 0 Å². The average Bonchev–Trinajstić information content (AvgIpc) is 3.15. The minimum Gasteiger partial charge on any atom is -0.495 e. The van der Waals surface area contributed by atoms with E-state index < -0.39 is 9.84 Å². The minimum absolute atomic E-state index is 0.00355. The fraction of sp³-hybridized carbons (Fsp3) is 0.238. The predicted molar refractivity (Wildman–Crippen MR) is 117 cm³/mol. The second-order valence-corrected chi connectivity index (χ2v) is 9.71. The van der Waals surface area contributed by atoms with Crippen LogP contribution >= 0.6 is 15.9 Å². The van der Waals surface area contributed by atoms with Crippen LogP contribution in [0.1, 0.15) is 17.7 Å². The topological polar surface area (TPSA) is 98.5 Å². The van der Waals surface area contributed by atoms with Crippen molar-refractivity contribution in [3.63, 3.8) is 0 Å². The number of sulfone groups is 1. The van der Waals surface area contributed by atoms with E-state index >= 15 is 0 Å². The molecule has 0 saturated heterocycles. The normalized spacial score (nSPS) is 11.3. The number of anilines is 1. The number of hydrogen-bond acceptors (Lipinski definition) is 6. The molecule has 1 heterocycles. The number of ether oxygens (including phenoxy) is 1. The summed E-state index contributed by atoms with van der Waals surface area (Å²) in [4.78, 5) is 12.3. The van der Waals surface area contributed by atoms with Gasteiger partial charge in [-0.25, -0.2) is 8.42 Å². The highest BCUT2D eigenvalue weighted by Crippen LogP contribution is 2.31. The largest absolute Gasteiger partial charge is 0.495 e. The van der Waals surface area contributed by atoms with Crippen molar-refractivity contribution in [2.45, 2.75) is 25.2 Å². The minimum atomic E-state index is -3.78. The van der Waals surface area contributed by atoms with Crippen LogP contribution in [0.4, 0.5) is 5.69 Å². The Morgan fingerprint density at radius 1 is 1.17 bits per heavy atom. The molecule has 7 nitrogen and oxygen atoms in total. The lowest BCUT2D eigenvalue weighted by atomic mass is 10.1. The lowest BCUT2D eigenvalue weighted by Gasteiger charge is -2.11. The number of aromatic nitrogens is 1. The summed E-state index contributed by atoms with van der Waals surface area (Å²) in [5, 5.41) is 6.55. The Kier molecular flexibility index (Phi) is 6.62. The van der Waals surface area contributed by atoms with Crippen LogP contribution in [0.5, 0.6) is 5.75 Å². The van der Waals surface area contributed by atoms with E-state index in [9.17, 15) is 13.2 Å². The lowest BCUT2D eigenvalue weighted by Crippen LogP contribution is -2.18. The van der Waals surface area contributed by atoms with Gasteiger partial charge in [0.05, 0.1) is 18.6 Å². The maximum Gasteiger partial charge on any atom is 0.225 e. The molecule has 0 unspecified atom stereocenters. The molecular weight excluding hydrogens is 472 g/mol. The highest BCUT2D eigenvalue weighted by atomic mass is 79.9. The van der Waals surface area contributed by atoms with E-state index in [0.717, 1.165) is 10.0 Å². The monoisotopic (exact) mass is 492 g/mol. The summed E-state index contributed by atoms with van der Waals surface area (Å²) in [6, 6.07) is 11.8. The van der Waals surface area contributed by atoms with Crippen molar-refractivity contribution >= 4 is 37.4 Å². The molecular formula is C21H21BrN2O5S. The van der Waals surface area contributed by atoms with Crippen molar-refractivity contribution in [3.8, 4) is 17.1 Å². The second kappa shape index (κ2) is 9.01. The highest BCUT2D eigenvalue weighted by Gasteiger charge is 2.23. The molecule has 0 aliphatic heterocycles. The van der Waals surface area contributed by atoms with Crippen LogP contribution in [0, 0.1) is 13.8 Å². The summed E-state index contributed by atoms with van der Waals surface area (Å²) in [5.41, 5.74) is 2.82. The van der Waals surface area contributed by atoms with Gasteiger partial charge in [0.1, 0.15) is 10.6 Å². The van der Waals surface area contributed by atoms with Crippen molar-refractivity contribution < 1.29 is 22.5 Å². The number of methoxy groups -OCH3 is 1. The molecule has 0 saturated carbocycles. The van der Waals surface area contributed by atoms with Crippen LogP contribution in [0.2, 0.25) is 0 Å². The second-order valence-electron chi connectivity index (χ2n) is 6.78. The third kappa shape index (κ3) is 5.09. The molecule has 158 valence electrons. The number of halogens is 1. The zero-order valence-electron chi connectivity index (χ0n) is 16.7. The van der Waals surface area contributed by atoms with E-state index in [2.05, 4.69) is 26.4 Å². The maximum absolute atomic E-state index is 12.9. The molecule has 3 aromatic rings. The fourth-order valence-electron chi connectivity index (χ4n) is 2.86. The molecule has 0 radical (unpaired) electrons. The molecule has 30 heavy (non-hydrogen) atoms. The summed E-state index contributed by atoms with van der Waals surface area (Å²) < 4.78 is 37.3. The number of nitrogens with one attached hydrogen (secondary N) is 1. The molecule has 0 aliphatic rings. The highest BCUT2D eigenvalue weighted by molar-refractivity contribution is 9.10. The van der Waals surface area contributed by atoms with Crippen LogP contribution in [0.25, 0.3) is 11.3 Å². The number of amides is 1. The van der Waals surface area contributed by atoms with Crippen molar-refractivity contribution in [3.05, 3.63) is 58.2 Å². The van der Waals surface area contributed by atoms with E-state index in [0.29, 0.717) is 22.7 Å². The van der Waals surface area contributed by atoms with E-state index in [-0.39, 0.29) is 28.7 Å². The molecule has 9 heteroatoms. The first-order valence-corrected chi connectivity index (χ1v) is 11.5. The summed E-state index contributed by atoms with van der Waals surface area (Å²) in [6.07, 6.45) is -0.188. The van der Waals surface area contributed by atoms with Crippen LogP contribution < -0.4 is 10.1 Å². The Morgan fingerprint density at radius 3 is 2.57 bits per heavy atom. The number of carbonyl (C=O) groups excluding carboxylic acids is 1. The van der Waals surface area contributed by atoms with E-state index in [4.69, 9.17) is 9.26 Å². The third-order valence-corrected chi connectivity index (χ3v) is 7.07. The third-order valence-electron chi connectivity index (χ3n) is 4.45. The van der Waals surface area contributed by atoms with E-state index in [1.807, 2.05) is 19.1 Å². The summed E-state index contributed by atoms with van der Waals surface area (Å²) in [7, 11) is -2.39. The summed E-state index contributed by atoms with van der Waals surface area (Å²) >= 11 is 3.40. The Labute approximate surface area is 183 Å². The van der Waals surface area contributed by atoms with Crippen LogP contribution in [0.3, 0.4) is 0 Å². The number of rotatable bonds is 7. The van der Waals surface area contributed by atoms with Gasteiger partial charge in [0.25, 0.3) is 0 Å². The Hall–Kier alpha value is -2.65. The first kappa shape index (κ1) is 22.0. The van der Waals surface area contributed by atoms with Crippen LogP contribution in [0.15, 0.2) is 56.4 Å². The van der Waals surface area contributed by atoms with Gasteiger partial charge in [-0.1, -0.05) is 21.1 Å². The molecule has 1 N–H and O–H groups in total. The average molecular weight is 493 g/mol. The molecule has 1 aromatic heterocycles. The van der Waals surface area contributed by atoms with Gasteiger partial charge in [0, 0.05) is 28.2 Å². The van der Waals surface area contributed by atoms with E-state index in [1.165, 1.54) is 13.2 Å². The zero-order chi connectivity index (χ0) is 21.9. The molecule has 0 spiro atoms. The Morgan fingerprint density at radius 2 is 1.93 bits per heavy atom. The van der Waals surface area contributed by atoms with Crippen LogP contribution in [-0.2, 0) is 14.6 Å². The number of carbonyl (C=O) groups is 1. The van der Waals surface area contributed by atoms with Gasteiger partial charge in [-0.15, -0.1) is 0 Å². The molecule has 0 aliphatic carbocycles. The Balaban J connectivity index is 1.77. The van der Waals surface area contributed by atoms with Crippen LogP contribution in [-0.4, -0.2) is 32.3 Å². The van der Waals surface area contributed by atoms with Crippen molar-refractivity contribution in [2.75, 3.05) is 18.2 Å². The first-order chi connectivity index (χ1) is 14.2. The van der Waals surface area contributed by atoms with Gasteiger partial charge in [-0.2, -0.15) is 0 Å².